The van der Waals surface area contributed by atoms with Crippen molar-refractivity contribution in [2.75, 3.05) is 40.3 Å². The first-order valence-electron chi connectivity index (χ1n) is 6.94. The third-order valence-electron chi connectivity index (χ3n) is 2.39. The van der Waals surface area contributed by atoms with E-state index in [4.69, 9.17) is 0 Å². The van der Waals surface area contributed by atoms with E-state index in [0.29, 0.717) is 5.96 Å². The van der Waals surface area contributed by atoms with Crippen molar-refractivity contribution < 1.29 is 18.0 Å². The smallest absolute Gasteiger partial charge is 0.355 e. The molecule has 0 aromatic heterocycles. The number of hydrogen-bond donors (Lipinski definition) is 3. The van der Waals surface area contributed by atoms with Crippen LogP contribution in [0, 0.1) is 0 Å². The van der Waals surface area contributed by atoms with Crippen LogP contribution < -0.4 is 16.0 Å². The molecule has 0 aliphatic rings. The summed E-state index contributed by atoms with van der Waals surface area (Å²) in [5.74, 6) is 0.175. The van der Waals surface area contributed by atoms with Crippen molar-refractivity contribution in [1.29, 1.82) is 0 Å². The molecule has 0 unspecified atom stereocenters. The number of alkyl halides is 3. The highest BCUT2D eigenvalue weighted by Gasteiger charge is 2.28. The third-order valence-corrected chi connectivity index (χ3v) is 2.39. The second-order valence-electron chi connectivity index (χ2n) is 6.00. The highest BCUT2D eigenvalue weighted by atomic mass is 19.4. The third kappa shape index (κ3) is 12.2. The summed E-state index contributed by atoms with van der Waals surface area (Å²) in [6, 6.07) is 0. The molecule has 0 atom stereocenters. The fourth-order valence-corrected chi connectivity index (χ4v) is 1.60. The topological polar surface area (TPSA) is 68.8 Å². The summed E-state index contributed by atoms with van der Waals surface area (Å²) in [6.45, 7) is 5.17. The lowest BCUT2D eigenvalue weighted by molar-refractivity contribution is -0.142. The van der Waals surface area contributed by atoms with Crippen molar-refractivity contribution in [3.8, 4) is 0 Å². The van der Waals surface area contributed by atoms with Crippen LogP contribution in [0.1, 0.15) is 20.8 Å². The SMILES string of the molecule is CN=C(NCCN(C)CC(F)(F)F)NCC(=O)NC(C)(C)C. The van der Waals surface area contributed by atoms with Crippen LogP contribution in [0.2, 0.25) is 0 Å². The molecule has 0 spiro atoms. The van der Waals surface area contributed by atoms with Gasteiger partial charge in [0, 0.05) is 25.7 Å². The lowest BCUT2D eigenvalue weighted by Gasteiger charge is -2.21. The van der Waals surface area contributed by atoms with Gasteiger partial charge in [-0.3, -0.25) is 14.7 Å². The van der Waals surface area contributed by atoms with Gasteiger partial charge in [0.25, 0.3) is 0 Å². The average Bonchev–Trinajstić information content (AvgIpc) is 2.28. The van der Waals surface area contributed by atoms with E-state index in [-0.39, 0.29) is 31.1 Å². The normalized spacial score (nSPS) is 13.2. The minimum atomic E-state index is -4.21. The molecule has 130 valence electrons. The lowest BCUT2D eigenvalue weighted by Crippen LogP contribution is -2.49. The van der Waals surface area contributed by atoms with Gasteiger partial charge in [-0.25, -0.2) is 0 Å². The maximum atomic E-state index is 12.2. The first kappa shape index (κ1) is 20.5. The zero-order valence-electron chi connectivity index (χ0n) is 13.8. The Hall–Kier alpha value is -1.51. The van der Waals surface area contributed by atoms with Crippen molar-refractivity contribution >= 4 is 11.9 Å². The van der Waals surface area contributed by atoms with Gasteiger partial charge in [-0.2, -0.15) is 13.2 Å². The summed E-state index contributed by atoms with van der Waals surface area (Å²) in [7, 11) is 2.92. The van der Waals surface area contributed by atoms with Gasteiger partial charge in [-0.05, 0) is 27.8 Å². The minimum absolute atomic E-state index is 0.0370. The fourth-order valence-electron chi connectivity index (χ4n) is 1.60. The molecule has 9 heteroatoms. The van der Waals surface area contributed by atoms with Crippen molar-refractivity contribution in [3.05, 3.63) is 0 Å². The monoisotopic (exact) mass is 325 g/mol. The van der Waals surface area contributed by atoms with E-state index >= 15 is 0 Å². The molecule has 0 radical (unpaired) electrons. The second-order valence-corrected chi connectivity index (χ2v) is 6.00. The average molecular weight is 325 g/mol. The first-order valence-corrected chi connectivity index (χ1v) is 6.94. The van der Waals surface area contributed by atoms with E-state index in [0.717, 1.165) is 4.90 Å². The van der Waals surface area contributed by atoms with Crippen molar-refractivity contribution in [1.82, 2.24) is 20.9 Å². The molecule has 0 saturated heterocycles. The highest BCUT2D eigenvalue weighted by Crippen LogP contribution is 2.14. The van der Waals surface area contributed by atoms with Crippen LogP contribution in [-0.2, 0) is 4.79 Å². The molecule has 22 heavy (non-hydrogen) atoms. The van der Waals surface area contributed by atoms with E-state index in [1.165, 1.54) is 14.1 Å². The number of nitrogens with one attached hydrogen (secondary N) is 3. The summed E-state index contributed by atoms with van der Waals surface area (Å²) in [5.41, 5.74) is -0.323. The Morgan fingerprint density at radius 3 is 2.23 bits per heavy atom. The Morgan fingerprint density at radius 1 is 1.18 bits per heavy atom. The number of halogens is 3. The molecule has 0 aliphatic heterocycles. The summed E-state index contributed by atoms with van der Waals surface area (Å²) in [4.78, 5) is 16.7. The fraction of sp³-hybridized carbons (Fsp3) is 0.846. The molecule has 0 saturated carbocycles. The summed E-state index contributed by atoms with van der Waals surface area (Å²) in [5, 5.41) is 8.44. The van der Waals surface area contributed by atoms with Crippen LogP contribution >= 0.6 is 0 Å². The number of aliphatic imine (C=N–C) groups is 1. The second kappa shape index (κ2) is 8.82. The minimum Gasteiger partial charge on any atom is -0.355 e. The molecule has 0 rings (SSSR count). The molecule has 3 N–H and O–H groups in total. The molecule has 6 nitrogen and oxygen atoms in total. The number of carbonyl (C=O) groups excluding carboxylic acids is 1. The number of carbonyl (C=O) groups is 1. The summed E-state index contributed by atoms with van der Waals surface area (Å²) < 4.78 is 36.5. The van der Waals surface area contributed by atoms with Crippen LogP contribution in [0.5, 0.6) is 0 Å². The van der Waals surface area contributed by atoms with Crippen molar-refractivity contribution in [2.45, 2.75) is 32.5 Å². The van der Waals surface area contributed by atoms with E-state index in [1.54, 1.807) is 0 Å². The van der Waals surface area contributed by atoms with E-state index in [9.17, 15) is 18.0 Å². The molecular formula is C13H26F3N5O. The lowest BCUT2D eigenvalue weighted by atomic mass is 10.1. The van der Waals surface area contributed by atoms with Crippen LogP contribution in [-0.4, -0.2) is 68.8 Å². The van der Waals surface area contributed by atoms with Crippen LogP contribution in [0.15, 0.2) is 4.99 Å². The van der Waals surface area contributed by atoms with Gasteiger partial charge in [0.15, 0.2) is 5.96 Å². The predicted octanol–water partition coefficient (Wildman–Crippen LogP) is 0.560. The van der Waals surface area contributed by atoms with Crippen LogP contribution in [0.3, 0.4) is 0 Å². The van der Waals surface area contributed by atoms with E-state index in [2.05, 4.69) is 20.9 Å². The Morgan fingerprint density at radius 2 is 1.77 bits per heavy atom. The van der Waals surface area contributed by atoms with Gasteiger partial charge in [-0.15, -0.1) is 0 Å². The van der Waals surface area contributed by atoms with Crippen molar-refractivity contribution in [3.63, 3.8) is 0 Å². The maximum Gasteiger partial charge on any atom is 0.401 e. The maximum absolute atomic E-state index is 12.2. The number of rotatable bonds is 6. The van der Waals surface area contributed by atoms with Gasteiger partial charge >= 0.3 is 6.18 Å². The molecule has 0 aliphatic carbocycles. The molecule has 0 aromatic carbocycles. The standard InChI is InChI=1S/C13H26F3N5O/c1-12(2,3)20-10(22)8-19-11(17-4)18-6-7-21(5)9-13(14,15)16/h6-9H2,1-5H3,(H,20,22)(H2,17,18,19). The summed E-state index contributed by atoms with van der Waals surface area (Å²) >= 11 is 0. The van der Waals surface area contributed by atoms with Crippen molar-refractivity contribution in [2.24, 2.45) is 4.99 Å². The number of likely N-dealkylation sites (N-methyl/N-ethyl adjacent to an activating group) is 1. The Bertz CT molecular complexity index is 377. The predicted molar refractivity (Wildman–Crippen MR) is 80.8 cm³/mol. The Balaban J connectivity index is 4.02. The Kier molecular flexibility index (Phi) is 8.21. The number of guanidine groups is 1. The molecule has 0 bridgehead atoms. The van der Waals surface area contributed by atoms with E-state index < -0.39 is 12.7 Å². The van der Waals surface area contributed by atoms with Crippen LogP contribution in [0.4, 0.5) is 13.2 Å². The first-order chi connectivity index (χ1) is 9.93. The highest BCUT2D eigenvalue weighted by molar-refractivity contribution is 5.86. The van der Waals surface area contributed by atoms with Gasteiger partial charge in [0.2, 0.25) is 5.91 Å². The van der Waals surface area contributed by atoms with Gasteiger partial charge in [-0.1, -0.05) is 0 Å². The Labute approximate surface area is 129 Å². The van der Waals surface area contributed by atoms with Crippen LogP contribution in [0.25, 0.3) is 0 Å². The molecule has 0 heterocycles. The van der Waals surface area contributed by atoms with E-state index in [1.807, 2.05) is 20.8 Å². The summed E-state index contributed by atoms with van der Waals surface area (Å²) in [6.07, 6.45) is -4.21. The molecular weight excluding hydrogens is 299 g/mol. The quantitative estimate of drug-likeness (QED) is 0.493. The zero-order valence-corrected chi connectivity index (χ0v) is 13.8. The molecule has 0 aromatic rings. The molecule has 0 fully saturated rings. The number of hydrogen-bond acceptors (Lipinski definition) is 3. The number of amides is 1. The zero-order chi connectivity index (χ0) is 17.4. The van der Waals surface area contributed by atoms with Gasteiger partial charge < -0.3 is 16.0 Å². The van der Waals surface area contributed by atoms with Gasteiger partial charge in [0.05, 0.1) is 13.1 Å². The number of nitrogens with zero attached hydrogens (tertiary/aromatic N) is 2. The largest absolute Gasteiger partial charge is 0.401 e. The van der Waals surface area contributed by atoms with Gasteiger partial charge in [0.1, 0.15) is 0 Å². The molecule has 1 amide bonds.